The predicted octanol–water partition coefficient (Wildman–Crippen LogP) is 2.83. The monoisotopic (exact) mass is 585 g/mol. The molecule has 1 saturated carbocycles. The number of benzene rings is 1. The van der Waals surface area contributed by atoms with E-state index in [9.17, 15) is 24.3 Å². The van der Waals surface area contributed by atoms with Crippen LogP contribution in [0.4, 0.5) is 4.79 Å². The fourth-order valence-electron chi connectivity index (χ4n) is 5.40. The van der Waals surface area contributed by atoms with Crippen molar-refractivity contribution in [3.05, 3.63) is 41.0 Å². The number of likely N-dealkylation sites (tertiary alicyclic amines) is 1. The quantitative estimate of drug-likeness (QED) is 0.318. The molecule has 4 rings (SSSR count). The Labute approximate surface area is 243 Å². The van der Waals surface area contributed by atoms with E-state index in [2.05, 4.69) is 20.9 Å². The van der Waals surface area contributed by atoms with E-state index in [4.69, 9.17) is 5.11 Å². The Morgan fingerprint density at radius 2 is 1.71 bits per heavy atom. The number of hydrogen-bond acceptors (Lipinski definition) is 7. The second kappa shape index (κ2) is 12.2. The molecule has 1 aliphatic heterocycles. The summed E-state index contributed by atoms with van der Waals surface area (Å²) in [6.45, 7) is 9.30. The van der Waals surface area contributed by atoms with E-state index >= 15 is 0 Å². The number of nitrogens with zero attached hydrogens (tertiary/aromatic N) is 2. The van der Waals surface area contributed by atoms with E-state index in [1.54, 1.807) is 11.3 Å². The topological polar surface area (TPSA) is 161 Å². The number of aryl methyl sites for hydroxylation is 1. The number of hydrogen-bond donors (Lipinski definition) is 5. The zero-order valence-electron chi connectivity index (χ0n) is 24.0. The van der Waals surface area contributed by atoms with Gasteiger partial charge >= 0.3 is 6.09 Å². The van der Waals surface area contributed by atoms with Crippen LogP contribution in [-0.2, 0) is 14.4 Å². The Morgan fingerprint density at radius 3 is 2.27 bits per heavy atom. The number of β-amino-alcohol motifs (C(OH)–C–C–N with tert-alkyl or cyclic N) is 1. The molecule has 2 heterocycles. The van der Waals surface area contributed by atoms with Gasteiger partial charge in [0.05, 0.1) is 28.2 Å². The van der Waals surface area contributed by atoms with Crippen molar-refractivity contribution in [3.63, 3.8) is 0 Å². The largest absolute Gasteiger partial charge is 0.465 e. The van der Waals surface area contributed by atoms with E-state index in [-0.39, 0.29) is 36.9 Å². The first-order chi connectivity index (χ1) is 19.2. The summed E-state index contributed by atoms with van der Waals surface area (Å²) in [6.07, 6.45) is -1.17. The smallest absolute Gasteiger partial charge is 0.404 e. The zero-order valence-corrected chi connectivity index (χ0v) is 24.8. The van der Waals surface area contributed by atoms with Crippen molar-refractivity contribution in [2.75, 3.05) is 6.54 Å². The molecule has 4 amide bonds. The lowest BCUT2D eigenvalue weighted by Crippen LogP contribution is -2.60. The van der Waals surface area contributed by atoms with Crippen LogP contribution < -0.4 is 16.0 Å². The van der Waals surface area contributed by atoms with Crippen molar-refractivity contribution in [2.24, 2.45) is 11.3 Å². The van der Waals surface area contributed by atoms with Crippen LogP contribution in [-0.4, -0.2) is 74.7 Å². The lowest BCUT2D eigenvalue weighted by atomic mass is 9.78. The fourth-order valence-corrected chi connectivity index (χ4v) is 6.21. The van der Waals surface area contributed by atoms with Gasteiger partial charge in [-0.05, 0) is 43.2 Å². The van der Waals surface area contributed by atoms with Gasteiger partial charge in [0, 0.05) is 24.9 Å². The van der Waals surface area contributed by atoms with E-state index < -0.39 is 41.5 Å². The molecule has 1 aliphatic carbocycles. The van der Waals surface area contributed by atoms with Gasteiger partial charge in [-0.3, -0.25) is 14.4 Å². The molecule has 222 valence electrons. The Balaban J connectivity index is 1.41. The highest BCUT2D eigenvalue weighted by Gasteiger charge is 2.46. The van der Waals surface area contributed by atoms with Gasteiger partial charge in [0.25, 0.3) is 0 Å². The minimum atomic E-state index is -1.13. The van der Waals surface area contributed by atoms with E-state index in [1.165, 1.54) is 4.90 Å². The van der Waals surface area contributed by atoms with E-state index in [1.807, 2.05) is 64.4 Å². The third kappa shape index (κ3) is 7.05. The SMILES string of the molecule is Cc1ncsc1-c1ccc([C@H](C)NC(=O)[C@@H]2C[C@@H](O)CN2C(=O)[C@@H](NC(=O)[C@H]2C[C@@H](NC(=O)O)C2)C(C)(C)C)cc1. The summed E-state index contributed by atoms with van der Waals surface area (Å²) in [6, 6.07) is 5.46. The van der Waals surface area contributed by atoms with Crippen LogP contribution in [0.5, 0.6) is 0 Å². The van der Waals surface area contributed by atoms with Crippen LogP contribution in [0.1, 0.15) is 64.3 Å². The standard InChI is InChI=1S/C29H39N5O6S/c1-15(17-6-8-18(9-7-17)23-16(2)30-14-41-23)31-26(37)22-12-21(35)13-34(22)27(38)24(29(3,4)5)33-25(36)19-10-20(11-19)32-28(39)40/h6-9,14-15,19-22,24,32,35H,10-13H2,1-5H3,(H,31,37)(H,33,36)(H,39,40)/t15-,19-,20+,21+,22-,24+/m0/s1. The van der Waals surface area contributed by atoms with Crippen LogP contribution >= 0.6 is 11.3 Å². The summed E-state index contributed by atoms with van der Waals surface area (Å²) in [7, 11) is 0. The van der Waals surface area contributed by atoms with Gasteiger partial charge in [-0.1, -0.05) is 45.0 Å². The highest BCUT2D eigenvalue weighted by Crippen LogP contribution is 2.31. The highest BCUT2D eigenvalue weighted by atomic mass is 32.1. The molecule has 2 fully saturated rings. The van der Waals surface area contributed by atoms with Crippen molar-refractivity contribution in [1.82, 2.24) is 25.8 Å². The molecule has 0 unspecified atom stereocenters. The summed E-state index contributed by atoms with van der Waals surface area (Å²) in [5.74, 6) is -1.53. The molecule has 11 nitrogen and oxygen atoms in total. The van der Waals surface area contributed by atoms with Crippen molar-refractivity contribution >= 4 is 35.2 Å². The van der Waals surface area contributed by atoms with Crippen molar-refractivity contribution in [1.29, 1.82) is 0 Å². The molecular weight excluding hydrogens is 546 g/mol. The molecule has 5 N–H and O–H groups in total. The molecule has 0 spiro atoms. The summed E-state index contributed by atoms with van der Waals surface area (Å²) < 4.78 is 0. The van der Waals surface area contributed by atoms with Gasteiger partial charge in [0.1, 0.15) is 12.1 Å². The predicted molar refractivity (Wildman–Crippen MR) is 154 cm³/mol. The Kier molecular flexibility index (Phi) is 9.03. The lowest BCUT2D eigenvalue weighted by molar-refractivity contribution is -0.145. The maximum absolute atomic E-state index is 13.8. The van der Waals surface area contributed by atoms with Crippen LogP contribution in [0, 0.1) is 18.3 Å². The van der Waals surface area contributed by atoms with Gasteiger partial charge in [-0.15, -0.1) is 11.3 Å². The maximum atomic E-state index is 13.8. The van der Waals surface area contributed by atoms with E-state index in [0.717, 1.165) is 21.7 Å². The maximum Gasteiger partial charge on any atom is 0.404 e. The number of amides is 4. The van der Waals surface area contributed by atoms with Crippen molar-refractivity contribution in [3.8, 4) is 10.4 Å². The van der Waals surface area contributed by atoms with Crippen LogP contribution in [0.3, 0.4) is 0 Å². The zero-order chi connectivity index (χ0) is 30.1. The first-order valence-electron chi connectivity index (χ1n) is 13.8. The fraction of sp³-hybridized carbons (Fsp3) is 0.552. The number of carbonyl (C=O) groups is 4. The lowest BCUT2D eigenvalue weighted by Gasteiger charge is -2.39. The van der Waals surface area contributed by atoms with Gasteiger partial charge in [-0.25, -0.2) is 9.78 Å². The second-order valence-corrected chi connectivity index (χ2v) is 13.0. The molecule has 2 aliphatic rings. The molecule has 41 heavy (non-hydrogen) atoms. The molecule has 1 aromatic heterocycles. The van der Waals surface area contributed by atoms with Crippen LogP contribution in [0.25, 0.3) is 10.4 Å². The molecule has 1 saturated heterocycles. The molecule has 0 radical (unpaired) electrons. The van der Waals surface area contributed by atoms with Gasteiger partial charge in [-0.2, -0.15) is 0 Å². The van der Waals surface area contributed by atoms with Crippen molar-refractivity contribution in [2.45, 2.75) is 84.2 Å². The van der Waals surface area contributed by atoms with Crippen LogP contribution in [0.15, 0.2) is 29.8 Å². The van der Waals surface area contributed by atoms with Gasteiger partial charge in [0.15, 0.2) is 0 Å². The Bertz CT molecular complexity index is 1280. The number of carbonyl (C=O) groups excluding carboxylic acids is 3. The third-order valence-electron chi connectivity index (χ3n) is 7.88. The molecule has 1 aromatic carbocycles. The number of aromatic nitrogens is 1. The minimum absolute atomic E-state index is 0.00924. The average Bonchev–Trinajstić information content (AvgIpc) is 3.48. The third-order valence-corrected chi connectivity index (χ3v) is 8.86. The first kappa shape index (κ1) is 30.4. The Hall–Kier alpha value is -3.51. The number of carboxylic acid groups (broad SMARTS) is 1. The Morgan fingerprint density at radius 1 is 1.05 bits per heavy atom. The summed E-state index contributed by atoms with van der Waals surface area (Å²) in [4.78, 5) is 57.7. The van der Waals surface area contributed by atoms with E-state index in [0.29, 0.717) is 12.8 Å². The highest BCUT2D eigenvalue weighted by molar-refractivity contribution is 7.13. The number of nitrogens with one attached hydrogen (secondary N) is 3. The molecule has 2 aromatic rings. The average molecular weight is 586 g/mol. The number of thiazole rings is 1. The number of aliphatic hydroxyl groups is 1. The summed E-state index contributed by atoms with van der Waals surface area (Å²) in [5.41, 5.74) is 4.05. The number of aliphatic hydroxyl groups excluding tert-OH is 1. The summed E-state index contributed by atoms with van der Waals surface area (Å²) >= 11 is 1.57. The molecule has 0 bridgehead atoms. The van der Waals surface area contributed by atoms with Crippen molar-refractivity contribution < 1.29 is 29.4 Å². The molecule has 12 heteroatoms. The molecular formula is C29H39N5O6S. The minimum Gasteiger partial charge on any atom is -0.465 e. The first-order valence-corrected chi connectivity index (χ1v) is 14.7. The van der Waals surface area contributed by atoms with Gasteiger partial charge < -0.3 is 31.1 Å². The second-order valence-electron chi connectivity index (χ2n) is 12.1. The summed E-state index contributed by atoms with van der Waals surface area (Å²) in [5, 5.41) is 27.5. The van der Waals surface area contributed by atoms with Gasteiger partial charge in [0.2, 0.25) is 17.7 Å². The normalized spacial score (nSPS) is 23.7. The number of rotatable bonds is 8. The molecule has 4 atom stereocenters. The van der Waals surface area contributed by atoms with Crippen LogP contribution in [0.2, 0.25) is 0 Å².